The van der Waals surface area contributed by atoms with Gasteiger partial charge >= 0.3 is 0 Å². The smallest absolute Gasteiger partial charge is 0.227 e. The monoisotopic (exact) mass is 398 g/mol. The van der Waals surface area contributed by atoms with Crippen molar-refractivity contribution in [3.05, 3.63) is 30.1 Å². The number of carbonyl (C=O) groups excluding carboxylic acids is 1. The second-order valence-corrected chi connectivity index (χ2v) is 9.72. The molecule has 1 aromatic heterocycles. The van der Waals surface area contributed by atoms with Gasteiger partial charge < -0.3 is 4.90 Å². The van der Waals surface area contributed by atoms with Crippen LogP contribution in [0.3, 0.4) is 0 Å². The number of likely N-dealkylation sites (tertiary alicyclic amines) is 2. The van der Waals surface area contributed by atoms with Gasteiger partial charge in [0, 0.05) is 44.1 Å². The summed E-state index contributed by atoms with van der Waals surface area (Å²) in [6, 6.07) is 5.22. The van der Waals surface area contributed by atoms with Gasteiger partial charge in [0.05, 0.1) is 5.92 Å². The number of amides is 1. The Hall–Kier alpha value is -1.46. The molecule has 5 heteroatoms. The van der Waals surface area contributed by atoms with E-state index in [1.165, 1.54) is 44.2 Å². The molecule has 0 N–H and O–H groups in total. The minimum absolute atomic E-state index is 0.208. The lowest BCUT2D eigenvalue weighted by Crippen LogP contribution is -2.52. The van der Waals surface area contributed by atoms with E-state index in [4.69, 9.17) is 0 Å². The number of carbonyl (C=O) groups is 1. The molecule has 3 fully saturated rings. The molecular weight excluding hydrogens is 360 g/mol. The summed E-state index contributed by atoms with van der Waals surface area (Å²) in [6.07, 6.45) is 11.1. The van der Waals surface area contributed by atoms with Gasteiger partial charge in [0.2, 0.25) is 5.91 Å². The van der Waals surface area contributed by atoms with Gasteiger partial charge in [-0.05, 0) is 95.6 Å². The molecule has 0 unspecified atom stereocenters. The van der Waals surface area contributed by atoms with Crippen LogP contribution in [-0.2, 0) is 11.3 Å². The summed E-state index contributed by atoms with van der Waals surface area (Å²) >= 11 is 0. The molecular formula is C24H38N4O. The van der Waals surface area contributed by atoms with E-state index in [1.807, 2.05) is 12.4 Å². The highest BCUT2D eigenvalue weighted by Crippen LogP contribution is 2.32. The third-order valence-corrected chi connectivity index (χ3v) is 7.09. The third-order valence-electron chi connectivity index (χ3n) is 7.09. The lowest BCUT2D eigenvalue weighted by molar-refractivity contribution is -0.140. The minimum Gasteiger partial charge on any atom is -0.340 e. The lowest BCUT2D eigenvalue weighted by Gasteiger charge is -2.43. The Morgan fingerprint density at radius 3 is 2.48 bits per heavy atom. The summed E-state index contributed by atoms with van der Waals surface area (Å²) in [7, 11) is 0. The highest BCUT2D eigenvalue weighted by atomic mass is 16.2. The fourth-order valence-corrected chi connectivity index (χ4v) is 5.10. The molecule has 1 saturated carbocycles. The lowest BCUT2D eigenvalue weighted by atomic mass is 9.92. The van der Waals surface area contributed by atoms with Crippen LogP contribution in [0.2, 0.25) is 0 Å². The molecule has 29 heavy (non-hydrogen) atoms. The summed E-state index contributed by atoms with van der Waals surface area (Å²) in [4.78, 5) is 24.8. The molecule has 1 aromatic rings. The van der Waals surface area contributed by atoms with Crippen molar-refractivity contribution < 1.29 is 4.79 Å². The van der Waals surface area contributed by atoms with Crippen LogP contribution in [0.15, 0.2) is 24.5 Å². The number of pyridine rings is 1. The second kappa shape index (κ2) is 9.57. The molecule has 0 bridgehead atoms. The van der Waals surface area contributed by atoms with Crippen molar-refractivity contribution in [3.8, 4) is 0 Å². The van der Waals surface area contributed by atoms with Crippen molar-refractivity contribution in [1.82, 2.24) is 19.7 Å². The van der Waals surface area contributed by atoms with E-state index in [-0.39, 0.29) is 5.92 Å². The Morgan fingerprint density at radius 1 is 1.10 bits per heavy atom. The molecule has 0 aromatic carbocycles. The van der Waals surface area contributed by atoms with Gasteiger partial charge in [0.15, 0.2) is 0 Å². The maximum absolute atomic E-state index is 13.3. The van der Waals surface area contributed by atoms with Crippen LogP contribution >= 0.6 is 0 Å². The average molecular weight is 399 g/mol. The molecule has 1 atom stereocenters. The minimum atomic E-state index is 0.208. The van der Waals surface area contributed by atoms with E-state index in [0.717, 1.165) is 45.1 Å². The highest BCUT2D eigenvalue weighted by molar-refractivity contribution is 5.79. The quantitative estimate of drug-likeness (QED) is 0.706. The Bertz CT molecular complexity index is 652. The number of hydrogen-bond donors (Lipinski definition) is 0. The summed E-state index contributed by atoms with van der Waals surface area (Å²) in [5.74, 6) is 1.40. The topological polar surface area (TPSA) is 39.7 Å². The summed E-state index contributed by atoms with van der Waals surface area (Å²) in [5.41, 5.74) is 1.35. The van der Waals surface area contributed by atoms with Gasteiger partial charge in [0.1, 0.15) is 0 Å². The first-order chi connectivity index (χ1) is 14.1. The van der Waals surface area contributed by atoms with Gasteiger partial charge in [-0.3, -0.25) is 19.6 Å². The molecule has 1 amide bonds. The Balaban J connectivity index is 1.28. The van der Waals surface area contributed by atoms with Crippen LogP contribution in [-0.4, -0.2) is 70.4 Å². The molecule has 2 aliphatic heterocycles. The first kappa shape index (κ1) is 20.8. The van der Waals surface area contributed by atoms with Gasteiger partial charge in [0.25, 0.3) is 0 Å². The van der Waals surface area contributed by atoms with Crippen molar-refractivity contribution in [1.29, 1.82) is 0 Å². The third kappa shape index (κ3) is 5.58. The van der Waals surface area contributed by atoms with Crippen LogP contribution in [0.4, 0.5) is 0 Å². The first-order valence-electron chi connectivity index (χ1n) is 11.8. The van der Waals surface area contributed by atoms with E-state index >= 15 is 0 Å². The molecule has 3 heterocycles. The van der Waals surface area contributed by atoms with Crippen LogP contribution in [0.1, 0.15) is 57.9 Å². The van der Waals surface area contributed by atoms with Gasteiger partial charge in [-0.15, -0.1) is 0 Å². The van der Waals surface area contributed by atoms with E-state index < -0.39 is 0 Å². The molecule has 4 rings (SSSR count). The number of aromatic nitrogens is 1. The largest absolute Gasteiger partial charge is 0.340 e. The predicted molar refractivity (Wildman–Crippen MR) is 116 cm³/mol. The van der Waals surface area contributed by atoms with Crippen molar-refractivity contribution in [2.75, 3.05) is 32.7 Å². The Kier molecular flexibility index (Phi) is 6.86. The number of rotatable bonds is 7. The van der Waals surface area contributed by atoms with Gasteiger partial charge in [-0.1, -0.05) is 0 Å². The van der Waals surface area contributed by atoms with E-state index in [0.29, 0.717) is 18.0 Å². The maximum atomic E-state index is 13.3. The van der Waals surface area contributed by atoms with Crippen LogP contribution < -0.4 is 0 Å². The first-order valence-corrected chi connectivity index (χ1v) is 11.8. The van der Waals surface area contributed by atoms with Crippen molar-refractivity contribution >= 4 is 5.91 Å². The second-order valence-electron chi connectivity index (χ2n) is 9.72. The Labute approximate surface area is 176 Å². The summed E-state index contributed by atoms with van der Waals surface area (Å²) < 4.78 is 0. The molecule has 5 nitrogen and oxygen atoms in total. The van der Waals surface area contributed by atoms with E-state index in [2.05, 4.69) is 45.7 Å². The highest BCUT2D eigenvalue weighted by Gasteiger charge is 2.36. The van der Waals surface area contributed by atoms with Crippen LogP contribution in [0.25, 0.3) is 0 Å². The van der Waals surface area contributed by atoms with E-state index in [9.17, 15) is 4.79 Å². The molecule has 0 spiro atoms. The van der Waals surface area contributed by atoms with Gasteiger partial charge in [-0.25, -0.2) is 0 Å². The molecule has 3 aliphatic rings. The van der Waals surface area contributed by atoms with Crippen LogP contribution in [0.5, 0.6) is 0 Å². The summed E-state index contributed by atoms with van der Waals surface area (Å²) in [6.45, 7) is 10.8. The van der Waals surface area contributed by atoms with E-state index in [1.54, 1.807) is 0 Å². The molecule has 0 radical (unpaired) electrons. The zero-order valence-corrected chi connectivity index (χ0v) is 18.3. The zero-order valence-electron chi connectivity index (χ0n) is 18.3. The van der Waals surface area contributed by atoms with Gasteiger partial charge in [-0.2, -0.15) is 0 Å². The average Bonchev–Trinajstić information content (AvgIpc) is 3.57. The molecule has 2 saturated heterocycles. The fraction of sp³-hybridized carbons (Fsp3) is 0.750. The predicted octanol–water partition coefficient (Wildman–Crippen LogP) is 3.41. The zero-order chi connectivity index (χ0) is 20.2. The standard InChI is InChI=1S/C24H38N4O/c1-19(2)28(17-20-5-6-20)24(29)22-4-3-13-27(18-22)23-9-14-26(15-10-23)16-21-7-11-25-12-8-21/h7-8,11-12,19-20,22-23H,3-6,9-10,13-18H2,1-2H3/t22-/m0/s1. The maximum Gasteiger partial charge on any atom is 0.227 e. The SMILES string of the molecule is CC(C)N(CC1CC1)C(=O)[C@H]1CCCN(C2CCN(Cc3ccncc3)CC2)C1. The normalized spacial score (nSPS) is 24.7. The van der Waals surface area contributed by atoms with Crippen molar-refractivity contribution in [3.63, 3.8) is 0 Å². The number of nitrogens with zero attached hydrogens (tertiary/aromatic N) is 4. The summed E-state index contributed by atoms with van der Waals surface area (Å²) in [5, 5.41) is 0. The number of hydrogen-bond acceptors (Lipinski definition) is 4. The fourth-order valence-electron chi connectivity index (χ4n) is 5.10. The molecule has 160 valence electrons. The van der Waals surface area contributed by atoms with Crippen molar-refractivity contribution in [2.45, 2.75) is 71.0 Å². The van der Waals surface area contributed by atoms with Crippen molar-refractivity contribution in [2.24, 2.45) is 11.8 Å². The molecule has 1 aliphatic carbocycles. The number of piperidine rings is 2. The Morgan fingerprint density at radius 2 is 1.83 bits per heavy atom. The van der Waals surface area contributed by atoms with Crippen LogP contribution in [0, 0.1) is 11.8 Å².